The van der Waals surface area contributed by atoms with E-state index in [1.165, 1.54) is 22.7 Å². The molecule has 0 atom stereocenters. The number of rotatable bonds is 7. The Bertz CT molecular complexity index is 676. The van der Waals surface area contributed by atoms with Crippen LogP contribution in [0.15, 0.2) is 21.9 Å². The van der Waals surface area contributed by atoms with E-state index in [-0.39, 0.29) is 6.54 Å². The molecule has 2 heterocycles. The van der Waals surface area contributed by atoms with Gasteiger partial charge < -0.3 is 5.32 Å². The van der Waals surface area contributed by atoms with Crippen LogP contribution in [0.5, 0.6) is 0 Å². The molecule has 5 nitrogen and oxygen atoms in total. The number of thiophene rings is 1. The van der Waals surface area contributed by atoms with Crippen LogP contribution in [0.4, 0.5) is 0 Å². The van der Waals surface area contributed by atoms with Gasteiger partial charge in [-0.3, -0.25) is 0 Å². The third kappa shape index (κ3) is 4.58. The van der Waals surface area contributed by atoms with E-state index < -0.39 is 10.0 Å². The van der Waals surface area contributed by atoms with Crippen LogP contribution < -0.4 is 10.0 Å². The van der Waals surface area contributed by atoms with Crippen molar-refractivity contribution in [3.8, 4) is 0 Å². The molecule has 2 N–H and O–H groups in total. The molecule has 0 spiro atoms. The summed E-state index contributed by atoms with van der Waals surface area (Å²) < 4.78 is 27.5. The number of aryl methyl sites for hydroxylation is 1. The maximum atomic E-state index is 12.3. The molecule has 116 valence electrons. The Morgan fingerprint density at radius 2 is 2.10 bits per heavy atom. The van der Waals surface area contributed by atoms with Gasteiger partial charge in [-0.1, -0.05) is 13.8 Å². The van der Waals surface area contributed by atoms with Crippen LogP contribution in [-0.4, -0.2) is 19.4 Å². The van der Waals surface area contributed by atoms with Gasteiger partial charge >= 0.3 is 0 Å². The molecule has 0 unspecified atom stereocenters. The van der Waals surface area contributed by atoms with Gasteiger partial charge in [0.2, 0.25) is 10.0 Å². The van der Waals surface area contributed by atoms with Gasteiger partial charge in [0.15, 0.2) is 0 Å². The Balaban J connectivity index is 2.07. The molecule has 21 heavy (non-hydrogen) atoms. The molecule has 2 aromatic rings. The van der Waals surface area contributed by atoms with Crippen molar-refractivity contribution < 1.29 is 8.42 Å². The Labute approximate surface area is 133 Å². The Hall–Kier alpha value is -0.800. The highest BCUT2D eigenvalue weighted by molar-refractivity contribution is 7.91. The van der Waals surface area contributed by atoms with E-state index in [0.717, 1.165) is 15.4 Å². The summed E-state index contributed by atoms with van der Waals surface area (Å²) in [6, 6.07) is 2.10. The lowest BCUT2D eigenvalue weighted by Gasteiger charge is -2.06. The SMILES string of the molecule is Cc1cc(S(=O)(=O)NCc2nccs2)sc1CNC(C)C. The van der Waals surface area contributed by atoms with Crippen LogP contribution in [0.2, 0.25) is 0 Å². The maximum Gasteiger partial charge on any atom is 0.250 e. The highest BCUT2D eigenvalue weighted by Crippen LogP contribution is 2.26. The molecule has 0 aliphatic rings. The quantitative estimate of drug-likeness (QED) is 0.809. The summed E-state index contributed by atoms with van der Waals surface area (Å²) in [6.45, 7) is 6.99. The van der Waals surface area contributed by atoms with Gasteiger partial charge in [-0.05, 0) is 18.6 Å². The first-order valence-corrected chi connectivity index (χ1v) is 9.77. The molecule has 0 aliphatic heterocycles. The van der Waals surface area contributed by atoms with Crippen LogP contribution in [0, 0.1) is 6.92 Å². The first-order valence-electron chi connectivity index (χ1n) is 6.59. The highest BCUT2D eigenvalue weighted by Gasteiger charge is 2.19. The monoisotopic (exact) mass is 345 g/mol. The van der Waals surface area contributed by atoms with Crippen LogP contribution in [0.3, 0.4) is 0 Å². The van der Waals surface area contributed by atoms with E-state index >= 15 is 0 Å². The summed E-state index contributed by atoms with van der Waals surface area (Å²) in [5.41, 5.74) is 1.00. The molecule has 0 radical (unpaired) electrons. The standard InChI is InChI=1S/C13H19N3O2S3/c1-9(2)15-7-11-10(3)6-13(20-11)21(17,18)16-8-12-14-4-5-19-12/h4-6,9,15-16H,7-8H2,1-3H3. The zero-order valence-corrected chi connectivity index (χ0v) is 14.7. The number of sulfonamides is 1. The first-order chi connectivity index (χ1) is 9.88. The third-order valence-corrected chi connectivity index (χ3v) is 6.72. The Kier molecular flexibility index (Phi) is 5.50. The Morgan fingerprint density at radius 1 is 1.33 bits per heavy atom. The van der Waals surface area contributed by atoms with Gasteiger partial charge in [0.25, 0.3) is 0 Å². The zero-order valence-electron chi connectivity index (χ0n) is 12.2. The molecule has 0 aliphatic carbocycles. The smallest absolute Gasteiger partial charge is 0.250 e. The summed E-state index contributed by atoms with van der Waals surface area (Å²) >= 11 is 2.75. The predicted octanol–water partition coefficient (Wildman–Crippen LogP) is 2.49. The minimum atomic E-state index is -3.47. The summed E-state index contributed by atoms with van der Waals surface area (Å²) in [6.07, 6.45) is 1.67. The van der Waals surface area contributed by atoms with Crippen LogP contribution >= 0.6 is 22.7 Å². The zero-order chi connectivity index (χ0) is 15.5. The lowest BCUT2D eigenvalue weighted by molar-refractivity contribution is 0.583. The summed E-state index contributed by atoms with van der Waals surface area (Å²) in [5, 5.41) is 5.89. The summed E-state index contributed by atoms with van der Waals surface area (Å²) in [7, 11) is -3.47. The van der Waals surface area contributed by atoms with Gasteiger partial charge in [-0.25, -0.2) is 18.1 Å². The van der Waals surface area contributed by atoms with Gasteiger partial charge in [0, 0.05) is 29.0 Å². The van der Waals surface area contributed by atoms with Crippen molar-refractivity contribution in [2.75, 3.05) is 0 Å². The topological polar surface area (TPSA) is 71.1 Å². The lowest BCUT2D eigenvalue weighted by atomic mass is 10.3. The summed E-state index contributed by atoms with van der Waals surface area (Å²) in [5.74, 6) is 0. The van der Waals surface area contributed by atoms with Gasteiger partial charge in [0.05, 0.1) is 6.54 Å². The fraction of sp³-hybridized carbons (Fsp3) is 0.462. The number of thiazole rings is 1. The van der Waals surface area contributed by atoms with E-state index in [1.54, 1.807) is 12.3 Å². The number of hydrogen-bond donors (Lipinski definition) is 2. The van der Waals surface area contributed by atoms with Crippen molar-refractivity contribution in [2.45, 2.75) is 44.1 Å². The van der Waals surface area contributed by atoms with Crippen molar-refractivity contribution >= 4 is 32.7 Å². The molecule has 0 saturated heterocycles. The molecule has 0 aromatic carbocycles. The first kappa shape index (κ1) is 16.6. The second-order valence-electron chi connectivity index (χ2n) is 4.96. The second kappa shape index (κ2) is 6.97. The lowest BCUT2D eigenvalue weighted by Crippen LogP contribution is -2.22. The largest absolute Gasteiger partial charge is 0.310 e. The van der Waals surface area contributed by atoms with Crippen molar-refractivity contribution in [1.82, 2.24) is 15.0 Å². The molecule has 0 fully saturated rings. The van der Waals surface area contributed by atoms with Crippen LogP contribution in [-0.2, 0) is 23.1 Å². The van der Waals surface area contributed by atoms with E-state index in [2.05, 4.69) is 28.9 Å². The average molecular weight is 346 g/mol. The number of hydrogen-bond acceptors (Lipinski definition) is 6. The van der Waals surface area contributed by atoms with E-state index in [0.29, 0.717) is 16.8 Å². The van der Waals surface area contributed by atoms with E-state index in [1.807, 2.05) is 12.3 Å². The average Bonchev–Trinajstić information content (AvgIpc) is 3.04. The van der Waals surface area contributed by atoms with Crippen LogP contribution in [0.25, 0.3) is 0 Å². The molecule has 8 heteroatoms. The maximum absolute atomic E-state index is 12.3. The normalized spacial score (nSPS) is 12.2. The minimum absolute atomic E-state index is 0.233. The van der Waals surface area contributed by atoms with Crippen LogP contribution in [0.1, 0.15) is 29.3 Å². The Morgan fingerprint density at radius 3 is 2.71 bits per heavy atom. The summed E-state index contributed by atoms with van der Waals surface area (Å²) in [4.78, 5) is 5.12. The fourth-order valence-electron chi connectivity index (χ4n) is 1.66. The number of nitrogens with one attached hydrogen (secondary N) is 2. The van der Waals surface area contributed by atoms with E-state index in [9.17, 15) is 8.42 Å². The predicted molar refractivity (Wildman–Crippen MR) is 87.2 cm³/mol. The van der Waals surface area contributed by atoms with E-state index in [4.69, 9.17) is 0 Å². The van der Waals surface area contributed by atoms with Crippen molar-refractivity contribution in [1.29, 1.82) is 0 Å². The number of aromatic nitrogens is 1. The molecular weight excluding hydrogens is 326 g/mol. The second-order valence-corrected chi connectivity index (χ2v) is 9.07. The number of nitrogens with zero attached hydrogens (tertiary/aromatic N) is 1. The molecular formula is C13H19N3O2S3. The minimum Gasteiger partial charge on any atom is -0.310 e. The van der Waals surface area contributed by atoms with Crippen molar-refractivity contribution in [2.24, 2.45) is 0 Å². The molecule has 0 bridgehead atoms. The van der Waals surface area contributed by atoms with Crippen molar-refractivity contribution in [3.63, 3.8) is 0 Å². The molecule has 2 rings (SSSR count). The van der Waals surface area contributed by atoms with Gasteiger partial charge in [-0.15, -0.1) is 22.7 Å². The van der Waals surface area contributed by atoms with Gasteiger partial charge in [-0.2, -0.15) is 0 Å². The molecule has 2 aromatic heterocycles. The fourth-order valence-corrected chi connectivity index (χ4v) is 4.88. The van der Waals surface area contributed by atoms with Crippen molar-refractivity contribution in [3.05, 3.63) is 33.1 Å². The molecule has 0 amide bonds. The molecule has 0 saturated carbocycles. The van der Waals surface area contributed by atoms with Gasteiger partial charge in [0.1, 0.15) is 9.22 Å². The third-order valence-electron chi connectivity index (χ3n) is 2.83. The highest BCUT2D eigenvalue weighted by atomic mass is 32.2.